The number of aryl methyl sites for hydroxylation is 2. The smallest absolute Gasteiger partial charge is 0.207 e. The molecule has 0 spiro atoms. The monoisotopic (exact) mass is 202 g/mol. The zero-order chi connectivity index (χ0) is 10.8. The Morgan fingerprint density at radius 2 is 1.67 bits per heavy atom. The van der Waals surface area contributed by atoms with E-state index in [1.807, 2.05) is 13.0 Å². The molecule has 2 aromatic rings. The Bertz CT molecular complexity index is 481. The molecule has 15 heavy (non-hydrogen) atoms. The number of phenolic OH excluding ortho intramolecular Hbond substituents is 1. The fourth-order valence-electron chi connectivity index (χ4n) is 1.22. The van der Waals surface area contributed by atoms with Crippen molar-refractivity contribution in [3.8, 4) is 17.1 Å². The van der Waals surface area contributed by atoms with Crippen LogP contribution in [-0.4, -0.2) is 25.5 Å². The van der Waals surface area contributed by atoms with Crippen LogP contribution in [0.1, 0.15) is 11.4 Å². The van der Waals surface area contributed by atoms with Crippen LogP contribution in [0.25, 0.3) is 11.4 Å². The van der Waals surface area contributed by atoms with Crippen molar-refractivity contribution in [1.82, 2.24) is 20.4 Å². The summed E-state index contributed by atoms with van der Waals surface area (Å²) in [7, 11) is 0. The predicted octanol–water partition coefficient (Wildman–Crippen LogP) is 1.26. The van der Waals surface area contributed by atoms with Gasteiger partial charge in [-0.25, -0.2) is 0 Å². The molecule has 5 nitrogen and oxygen atoms in total. The summed E-state index contributed by atoms with van der Waals surface area (Å²) in [5.41, 5.74) is 1.52. The molecule has 0 bridgehead atoms. The van der Waals surface area contributed by atoms with E-state index in [0.29, 0.717) is 17.2 Å². The quantitative estimate of drug-likeness (QED) is 0.753. The molecular formula is C10H10N4O. The lowest BCUT2D eigenvalue weighted by molar-refractivity contribution is 0.476. The fraction of sp³-hybridized carbons (Fsp3) is 0.200. The van der Waals surface area contributed by atoms with Gasteiger partial charge < -0.3 is 5.11 Å². The second kappa shape index (κ2) is 3.61. The van der Waals surface area contributed by atoms with Gasteiger partial charge in [-0.2, -0.15) is 0 Å². The number of aromatic hydroxyl groups is 1. The Labute approximate surface area is 86.8 Å². The maximum absolute atomic E-state index is 9.68. The van der Waals surface area contributed by atoms with Crippen LogP contribution in [0.5, 0.6) is 5.75 Å². The van der Waals surface area contributed by atoms with Gasteiger partial charge in [0.2, 0.25) is 5.82 Å². The number of aromatic nitrogens is 4. The summed E-state index contributed by atoms with van der Waals surface area (Å²) < 4.78 is 0. The van der Waals surface area contributed by atoms with Gasteiger partial charge in [0, 0.05) is 0 Å². The number of phenols is 1. The van der Waals surface area contributed by atoms with E-state index in [1.54, 1.807) is 19.1 Å². The number of hydrogen-bond acceptors (Lipinski definition) is 5. The third-order valence-corrected chi connectivity index (χ3v) is 1.97. The highest BCUT2D eigenvalue weighted by atomic mass is 16.3. The summed E-state index contributed by atoms with van der Waals surface area (Å²) in [6.07, 6.45) is 0. The molecule has 0 aliphatic heterocycles. The standard InChI is InChI=1S/C10H10N4O/c1-6-3-4-8(9(15)5-6)10-13-11-7(2)12-14-10/h3-5,15H,1-2H3. The first-order valence-electron chi connectivity index (χ1n) is 4.51. The molecule has 1 aromatic carbocycles. The van der Waals surface area contributed by atoms with Crippen LogP contribution in [0.2, 0.25) is 0 Å². The highest BCUT2D eigenvalue weighted by Crippen LogP contribution is 2.25. The SMILES string of the molecule is Cc1ccc(-c2nnc(C)nn2)c(O)c1. The van der Waals surface area contributed by atoms with Gasteiger partial charge in [0.25, 0.3) is 0 Å². The normalized spacial score (nSPS) is 10.3. The average Bonchev–Trinajstić information content (AvgIpc) is 2.20. The molecule has 0 unspecified atom stereocenters. The van der Waals surface area contributed by atoms with Gasteiger partial charge in [0.1, 0.15) is 5.75 Å². The Morgan fingerprint density at radius 3 is 2.27 bits per heavy atom. The molecule has 1 N–H and O–H groups in total. The molecular weight excluding hydrogens is 192 g/mol. The summed E-state index contributed by atoms with van der Waals surface area (Å²) in [6.45, 7) is 3.61. The van der Waals surface area contributed by atoms with Gasteiger partial charge in [-0.1, -0.05) is 6.07 Å². The molecule has 1 aromatic heterocycles. The zero-order valence-electron chi connectivity index (χ0n) is 8.47. The molecule has 0 saturated heterocycles. The highest BCUT2D eigenvalue weighted by molar-refractivity contribution is 5.63. The molecule has 76 valence electrons. The van der Waals surface area contributed by atoms with Crippen LogP contribution in [0.3, 0.4) is 0 Å². The number of nitrogens with zero attached hydrogens (tertiary/aromatic N) is 4. The maximum atomic E-state index is 9.68. The summed E-state index contributed by atoms with van der Waals surface area (Å²) in [4.78, 5) is 0. The summed E-state index contributed by atoms with van der Waals surface area (Å²) in [5, 5.41) is 25.0. The van der Waals surface area contributed by atoms with Crippen molar-refractivity contribution in [2.24, 2.45) is 0 Å². The summed E-state index contributed by atoms with van der Waals surface area (Å²) in [5.74, 6) is 0.978. The minimum atomic E-state index is 0.141. The molecule has 0 aliphatic carbocycles. The average molecular weight is 202 g/mol. The number of rotatable bonds is 1. The van der Waals surface area contributed by atoms with Crippen LogP contribution in [0.15, 0.2) is 18.2 Å². The Morgan fingerprint density at radius 1 is 1.00 bits per heavy atom. The molecule has 5 heteroatoms. The van der Waals surface area contributed by atoms with E-state index in [-0.39, 0.29) is 5.75 Å². The third kappa shape index (κ3) is 1.90. The van der Waals surface area contributed by atoms with Crippen molar-refractivity contribution in [1.29, 1.82) is 0 Å². The first-order chi connectivity index (χ1) is 7.16. The first-order valence-corrected chi connectivity index (χ1v) is 4.51. The van der Waals surface area contributed by atoms with E-state index < -0.39 is 0 Å². The molecule has 0 radical (unpaired) electrons. The molecule has 0 aliphatic rings. The Balaban J connectivity index is 2.49. The van der Waals surface area contributed by atoms with Gasteiger partial charge >= 0.3 is 0 Å². The molecule has 0 amide bonds. The number of benzene rings is 1. The van der Waals surface area contributed by atoms with E-state index in [2.05, 4.69) is 20.4 Å². The molecule has 0 atom stereocenters. The second-order valence-corrected chi connectivity index (χ2v) is 3.29. The van der Waals surface area contributed by atoms with Crippen LogP contribution in [0.4, 0.5) is 0 Å². The largest absolute Gasteiger partial charge is 0.507 e. The maximum Gasteiger partial charge on any atom is 0.207 e. The molecule has 1 heterocycles. The first kappa shape index (κ1) is 9.51. The topological polar surface area (TPSA) is 71.8 Å². The van der Waals surface area contributed by atoms with Crippen molar-refractivity contribution in [3.05, 3.63) is 29.6 Å². The van der Waals surface area contributed by atoms with Crippen molar-refractivity contribution >= 4 is 0 Å². The molecule has 2 rings (SSSR count). The second-order valence-electron chi connectivity index (χ2n) is 3.29. The van der Waals surface area contributed by atoms with Gasteiger partial charge in [-0.3, -0.25) is 0 Å². The number of hydrogen-bond donors (Lipinski definition) is 1. The van der Waals surface area contributed by atoms with Gasteiger partial charge in [-0.15, -0.1) is 20.4 Å². The van der Waals surface area contributed by atoms with E-state index >= 15 is 0 Å². The summed E-state index contributed by atoms with van der Waals surface area (Å²) in [6, 6.07) is 5.27. The summed E-state index contributed by atoms with van der Waals surface area (Å²) >= 11 is 0. The van der Waals surface area contributed by atoms with Crippen LogP contribution in [-0.2, 0) is 0 Å². The Kier molecular flexibility index (Phi) is 2.29. The highest BCUT2D eigenvalue weighted by Gasteiger charge is 2.08. The van der Waals surface area contributed by atoms with Crippen molar-refractivity contribution < 1.29 is 5.11 Å². The van der Waals surface area contributed by atoms with Gasteiger partial charge in [0.05, 0.1) is 5.56 Å². The molecule has 0 saturated carbocycles. The van der Waals surface area contributed by atoms with Gasteiger partial charge in [-0.05, 0) is 31.5 Å². The third-order valence-electron chi connectivity index (χ3n) is 1.97. The Hall–Kier alpha value is -2.04. The van der Waals surface area contributed by atoms with Crippen LogP contribution in [0, 0.1) is 13.8 Å². The van der Waals surface area contributed by atoms with Crippen LogP contribution < -0.4 is 0 Å². The van der Waals surface area contributed by atoms with Crippen molar-refractivity contribution in [3.63, 3.8) is 0 Å². The van der Waals surface area contributed by atoms with E-state index in [1.165, 1.54) is 0 Å². The lowest BCUT2D eigenvalue weighted by Gasteiger charge is -2.02. The minimum Gasteiger partial charge on any atom is -0.507 e. The zero-order valence-corrected chi connectivity index (χ0v) is 8.47. The predicted molar refractivity (Wildman–Crippen MR) is 54.2 cm³/mol. The van der Waals surface area contributed by atoms with Crippen molar-refractivity contribution in [2.45, 2.75) is 13.8 Å². The van der Waals surface area contributed by atoms with E-state index in [0.717, 1.165) is 5.56 Å². The van der Waals surface area contributed by atoms with E-state index in [4.69, 9.17) is 0 Å². The fourth-order valence-corrected chi connectivity index (χ4v) is 1.22. The lowest BCUT2D eigenvalue weighted by Crippen LogP contribution is -1.98. The van der Waals surface area contributed by atoms with E-state index in [9.17, 15) is 5.11 Å². The minimum absolute atomic E-state index is 0.141. The lowest BCUT2D eigenvalue weighted by atomic mass is 10.1. The van der Waals surface area contributed by atoms with Gasteiger partial charge in [0.15, 0.2) is 5.82 Å². The van der Waals surface area contributed by atoms with Crippen molar-refractivity contribution in [2.75, 3.05) is 0 Å². The molecule has 0 fully saturated rings. The van der Waals surface area contributed by atoms with Crippen LogP contribution >= 0.6 is 0 Å².